The van der Waals surface area contributed by atoms with Gasteiger partial charge in [-0.2, -0.15) is 5.26 Å². The molecule has 0 aliphatic rings. The van der Waals surface area contributed by atoms with Crippen molar-refractivity contribution >= 4 is 11.6 Å². The Morgan fingerprint density at radius 3 is 2.73 bits per heavy atom. The molecule has 0 bridgehead atoms. The van der Waals surface area contributed by atoms with Crippen LogP contribution in [0.4, 0.5) is 5.69 Å². The summed E-state index contributed by atoms with van der Waals surface area (Å²) in [6.45, 7) is 3.82. The Balaban J connectivity index is 2.15. The van der Waals surface area contributed by atoms with E-state index >= 15 is 0 Å². The van der Waals surface area contributed by atoms with Gasteiger partial charge in [0.15, 0.2) is 0 Å². The van der Waals surface area contributed by atoms with E-state index < -0.39 is 5.41 Å². The number of carbonyl (C=O) groups excluding carboxylic acids is 1. The van der Waals surface area contributed by atoms with Gasteiger partial charge in [0, 0.05) is 24.5 Å². The molecule has 0 saturated carbocycles. The van der Waals surface area contributed by atoms with E-state index in [1.807, 2.05) is 6.07 Å². The molecular formula is C17H17N3O2. The number of nitrogens with zero attached hydrogens (tertiary/aromatic N) is 2. The van der Waals surface area contributed by atoms with Crippen molar-refractivity contribution in [3.63, 3.8) is 0 Å². The summed E-state index contributed by atoms with van der Waals surface area (Å²) >= 11 is 0. The van der Waals surface area contributed by atoms with E-state index in [0.29, 0.717) is 11.3 Å². The maximum atomic E-state index is 12.4. The van der Waals surface area contributed by atoms with Crippen molar-refractivity contribution in [2.75, 3.05) is 5.32 Å². The first kappa shape index (κ1) is 15.5. The van der Waals surface area contributed by atoms with Crippen LogP contribution in [0.3, 0.4) is 0 Å². The first-order valence-electron chi connectivity index (χ1n) is 6.89. The minimum absolute atomic E-state index is 0.144. The van der Waals surface area contributed by atoms with Crippen LogP contribution in [0.5, 0.6) is 0 Å². The lowest BCUT2D eigenvalue weighted by molar-refractivity contribution is -0.124. The highest BCUT2D eigenvalue weighted by Crippen LogP contribution is 2.21. The van der Waals surface area contributed by atoms with Crippen LogP contribution in [0.25, 0.3) is 0 Å². The molecule has 1 aromatic carbocycles. The summed E-state index contributed by atoms with van der Waals surface area (Å²) in [5, 5.41) is 11.7. The number of aromatic nitrogens is 1. The van der Waals surface area contributed by atoms with Crippen LogP contribution in [0.1, 0.15) is 19.4 Å². The molecule has 5 nitrogen and oxygen atoms in total. The molecule has 2 rings (SSSR count). The number of carbonyl (C=O) groups is 1. The van der Waals surface area contributed by atoms with Crippen molar-refractivity contribution in [3.05, 3.63) is 64.6 Å². The summed E-state index contributed by atoms with van der Waals surface area (Å²) in [5.41, 5.74) is 0.135. The smallest absolute Gasteiger partial charge is 0.250 e. The van der Waals surface area contributed by atoms with Gasteiger partial charge in [-0.3, -0.25) is 9.59 Å². The fourth-order valence-corrected chi connectivity index (χ4v) is 2.06. The van der Waals surface area contributed by atoms with Gasteiger partial charge in [-0.15, -0.1) is 0 Å². The third-order valence-corrected chi connectivity index (χ3v) is 3.33. The minimum atomic E-state index is -0.770. The van der Waals surface area contributed by atoms with Gasteiger partial charge in [-0.1, -0.05) is 12.1 Å². The van der Waals surface area contributed by atoms with Crippen LogP contribution in [-0.4, -0.2) is 10.5 Å². The average Bonchev–Trinajstić information content (AvgIpc) is 2.49. The molecule has 0 aliphatic heterocycles. The lowest BCUT2D eigenvalue weighted by Crippen LogP contribution is -2.37. The highest BCUT2D eigenvalue weighted by Gasteiger charge is 2.28. The summed E-state index contributed by atoms with van der Waals surface area (Å²) in [5.74, 6) is -0.210. The van der Waals surface area contributed by atoms with Crippen molar-refractivity contribution in [1.82, 2.24) is 4.57 Å². The second-order valence-corrected chi connectivity index (χ2v) is 5.70. The molecule has 1 N–H and O–H groups in total. The van der Waals surface area contributed by atoms with Gasteiger partial charge in [-0.05, 0) is 38.1 Å². The zero-order chi connectivity index (χ0) is 16.2. The molecule has 0 saturated heterocycles. The molecule has 0 fully saturated rings. The summed E-state index contributed by atoms with van der Waals surface area (Å²) in [7, 11) is 0. The molecule has 22 heavy (non-hydrogen) atoms. The molecule has 0 radical (unpaired) electrons. The standard InChI is InChI=1S/C17H17N3O2/c1-17(2,12-20-9-4-3-8-15(20)21)16(22)19-14-7-5-6-13(10-14)11-18/h3-10H,12H2,1-2H3,(H,19,22). The number of nitrogens with one attached hydrogen (secondary N) is 1. The SMILES string of the molecule is CC(C)(Cn1ccccc1=O)C(=O)Nc1cccc(C#N)c1. The van der Waals surface area contributed by atoms with Gasteiger partial charge < -0.3 is 9.88 Å². The molecule has 1 amide bonds. The topological polar surface area (TPSA) is 74.9 Å². The highest BCUT2D eigenvalue weighted by atomic mass is 16.2. The molecule has 112 valence electrons. The number of benzene rings is 1. The number of pyridine rings is 1. The Hall–Kier alpha value is -2.87. The largest absolute Gasteiger partial charge is 0.326 e. The molecule has 1 heterocycles. The summed E-state index contributed by atoms with van der Waals surface area (Å²) in [4.78, 5) is 24.2. The van der Waals surface area contributed by atoms with E-state index in [-0.39, 0.29) is 18.0 Å². The number of amides is 1. The normalized spacial score (nSPS) is 10.8. The van der Waals surface area contributed by atoms with Gasteiger partial charge in [-0.25, -0.2) is 0 Å². The van der Waals surface area contributed by atoms with Gasteiger partial charge in [0.05, 0.1) is 17.0 Å². The van der Waals surface area contributed by atoms with Crippen molar-refractivity contribution in [3.8, 4) is 6.07 Å². The minimum Gasteiger partial charge on any atom is -0.326 e. The number of hydrogen-bond donors (Lipinski definition) is 1. The Kier molecular flexibility index (Phi) is 4.42. The molecule has 1 aromatic heterocycles. The van der Waals surface area contributed by atoms with Crippen LogP contribution >= 0.6 is 0 Å². The van der Waals surface area contributed by atoms with E-state index in [2.05, 4.69) is 5.32 Å². The number of rotatable bonds is 4. The fourth-order valence-electron chi connectivity index (χ4n) is 2.06. The lowest BCUT2D eigenvalue weighted by Gasteiger charge is -2.24. The van der Waals surface area contributed by atoms with E-state index in [1.54, 1.807) is 56.4 Å². The summed E-state index contributed by atoms with van der Waals surface area (Å²) < 4.78 is 1.51. The van der Waals surface area contributed by atoms with Crippen molar-refractivity contribution in [2.45, 2.75) is 20.4 Å². The third kappa shape index (κ3) is 3.61. The van der Waals surface area contributed by atoms with E-state index in [1.165, 1.54) is 10.6 Å². The summed E-state index contributed by atoms with van der Waals surface area (Å²) in [6, 6.07) is 13.6. The third-order valence-electron chi connectivity index (χ3n) is 3.33. The van der Waals surface area contributed by atoms with Crippen LogP contribution in [0, 0.1) is 16.7 Å². The molecule has 0 atom stereocenters. The molecule has 2 aromatic rings. The zero-order valence-electron chi connectivity index (χ0n) is 12.5. The van der Waals surface area contributed by atoms with Gasteiger partial charge in [0.25, 0.3) is 5.56 Å². The Bertz CT molecular complexity index is 785. The zero-order valence-corrected chi connectivity index (χ0v) is 12.5. The second-order valence-electron chi connectivity index (χ2n) is 5.70. The quantitative estimate of drug-likeness (QED) is 0.941. The average molecular weight is 295 g/mol. The molecule has 0 unspecified atom stereocenters. The fraction of sp³-hybridized carbons (Fsp3) is 0.235. The van der Waals surface area contributed by atoms with Gasteiger partial charge in [0.2, 0.25) is 5.91 Å². The monoisotopic (exact) mass is 295 g/mol. The molecule has 0 aliphatic carbocycles. The van der Waals surface area contributed by atoms with Crippen LogP contribution in [-0.2, 0) is 11.3 Å². The predicted octanol–water partition coefficient (Wildman–Crippen LogP) is 2.38. The molecular weight excluding hydrogens is 278 g/mol. The van der Waals surface area contributed by atoms with Gasteiger partial charge in [0.1, 0.15) is 0 Å². The van der Waals surface area contributed by atoms with E-state index in [4.69, 9.17) is 5.26 Å². The Labute approximate surface area is 128 Å². The first-order valence-corrected chi connectivity index (χ1v) is 6.89. The summed E-state index contributed by atoms with van der Waals surface area (Å²) in [6.07, 6.45) is 1.66. The number of hydrogen-bond acceptors (Lipinski definition) is 3. The Morgan fingerprint density at radius 1 is 1.27 bits per heavy atom. The van der Waals surface area contributed by atoms with Crippen molar-refractivity contribution < 1.29 is 4.79 Å². The maximum absolute atomic E-state index is 12.4. The van der Waals surface area contributed by atoms with E-state index in [9.17, 15) is 9.59 Å². The van der Waals surface area contributed by atoms with Gasteiger partial charge >= 0.3 is 0 Å². The highest BCUT2D eigenvalue weighted by molar-refractivity contribution is 5.94. The van der Waals surface area contributed by atoms with Crippen molar-refractivity contribution in [2.24, 2.45) is 5.41 Å². The predicted molar refractivity (Wildman–Crippen MR) is 84.3 cm³/mol. The Morgan fingerprint density at radius 2 is 2.05 bits per heavy atom. The number of nitriles is 1. The van der Waals surface area contributed by atoms with Crippen LogP contribution in [0.15, 0.2) is 53.5 Å². The van der Waals surface area contributed by atoms with Crippen LogP contribution in [0.2, 0.25) is 0 Å². The van der Waals surface area contributed by atoms with E-state index in [0.717, 1.165) is 0 Å². The maximum Gasteiger partial charge on any atom is 0.250 e. The second kappa shape index (κ2) is 6.27. The molecule has 5 heteroatoms. The first-order chi connectivity index (χ1) is 10.4. The molecule has 0 spiro atoms. The van der Waals surface area contributed by atoms with Crippen molar-refractivity contribution in [1.29, 1.82) is 5.26 Å². The lowest BCUT2D eigenvalue weighted by atomic mass is 9.92. The number of anilines is 1. The van der Waals surface area contributed by atoms with Crippen LogP contribution < -0.4 is 10.9 Å².